The predicted octanol–water partition coefficient (Wildman–Crippen LogP) is 0.819. The molecule has 0 aromatic heterocycles. The molecule has 3 rings (SSSR count). The highest BCUT2D eigenvalue weighted by Crippen LogP contribution is 2.15. The van der Waals surface area contributed by atoms with Gasteiger partial charge in [0, 0.05) is 62.1 Å². The maximum atomic E-state index is 12.5. The van der Waals surface area contributed by atoms with Gasteiger partial charge in [0.25, 0.3) is 0 Å². The van der Waals surface area contributed by atoms with Crippen LogP contribution in [-0.4, -0.2) is 72.6 Å². The number of rotatable bonds is 12. The minimum Gasteiger partial charge on any atom is -0.387 e. The van der Waals surface area contributed by atoms with Gasteiger partial charge in [0.1, 0.15) is 5.84 Å². The number of carbonyl (C=O) groups is 2. The zero-order valence-corrected chi connectivity index (χ0v) is 19.3. The summed E-state index contributed by atoms with van der Waals surface area (Å²) in [6.45, 7) is 3.53. The lowest BCUT2D eigenvalue weighted by atomic mass is 9.98. The summed E-state index contributed by atoms with van der Waals surface area (Å²) in [5.74, 6) is -0.683. The van der Waals surface area contributed by atoms with Crippen LogP contribution in [-0.2, 0) is 9.59 Å². The first-order chi connectivity index (χ1) is 16.3. The number of piperazine rings is 1. The number of nitrogens with two attached hydrogens (primary N) is 2. The van der Waals surface area contributed by atoms with Crippen molar-refractivity contribution in [3.8, 4) is 0 Å². The maximum Gasteiger partial charge on any atom is 0.312 e. The van der Waals surface area contributed by atoms with E-state index in [2.05, 4.69) is 10.6 Å². The quantitative estimate of drug-likeness (QED) is 0.115. The zero-order valence-electron chi connectivity index (χ0n) is 19.3. The number of hydrogen-bond donors (Lipinski definition) is 6. The van der Waals surface area contributed by atoms with Crippen molar-refractivity contribution >= 4 is 29.2 Å². The lowest BCUT2D eigenvalue weighted by molar-refractivity contribution is -0.156. The average molecular weight is 467 g/mol. The number of allylic oxidation sites excluding steroid dienone is 2. The molecule has 182 valence electrons. The highest BCUT2D eigenvalue weighted by atomic mass is 16.2. The molecule has 34 heavy (non-hydrogen) atoms. The molecular formula is C24H34N8O2. The van der Waals surface area contributed by atoms with Crippen LogP contribution in [0.4, 0.5) is 5.69 Å². The second-order valence-electron chi connectivity index (χ2n) is 8.45. The number of amidine groups is 2. The molecule has 1 fully saturated rings. The Bertz CT molecular complexity index is 970. The fourth-order valence-electron chi connectivity index (χ4n) is 3.90. The van der Waals surface area contributed by atoms with Crippen molar-refractivity contribution in [3.63, 3.8) is 0 Å². The summed E-state index contributed by atoms with van der Waals surface area (Å²) in [6.07, 6.45) is 8.06. The van der Waals surface area contributed by atoms with Crippen LogP contribution in [0.3, 0.4) is 0 Å². The molecule has 1 atom stereocenters. The standard InChI is InChI=1S/C24H34N8O2/c25-21(26)17-3-7-19(8-4-17)29-11-1-13-31-15-16-32(24(34)23(31)33)14-2-12-30-20-9-5-18(6-10-20)22(27)28/h3-5,7-10,18,29-30H,1-2,6,11-16H2,(H3,25,26)(H3,27,28). The minimum absolute atomic E-state index is 0.0273. The third-order valence-electron chi connectivity index (χ3n) is 5.96. The molecule has 10 heteroatoms. The number of carbonyl (C=O) groups excluding carboxylic acids is 2. The summed E-state index contributed by atoms with van der Waals surface area (Å²) in [5.41, 5.74) is 13.6. The summed E-state index contributed by atoms with van der Waals surface area (Å²) in [7, 11) is 0. The number of amides is 2. The first kappa shape index (κ1) is 24.8. The number of nitrogen functional groups attached to an aromatic ring is 1. The first-order valence-electron chi connectivity index (χ1n) is 11.6. The van der Waals surface area contributed by atoms with Gasteiger partial charge in [0.2, 0.25) is 0 Å². The Labute approximate surface area is 200 Å². The van der Waals surface area contributed by atoms with Crippen molar-refractivity contribution in [1.82, 2.24) is 15.1 Å². The third-order valence-corrected chi connectivity index (χ3v) is 5.96. The van der Waals surface area contributed by atoms with E-state index in [1.54, 1.807) is 21.9 Å². The molecule has 0 bridgehead atoms. The Hall–Kier alpha value is -3.82. The summed E-state index contributed by atoms with van der Waals surface area (Å²) in [6, 6.07) is 7.30. The summed E-state index contributed by atoms with van der Waals surface area (Å²) in [4.78, 5) is 28.2. The van der Waals surface area contributed by atoms with E-state index < -0.39 is 11.8 Å². The molecule has 1 aromatic carbocycles. The molecule has 1 aromatic rings. The largest absolute Gasteiger partial charge is 0.387 e. The van der Waals surface area contributed by atoms with E-state index in [4.69, 9.17) is 22.3 Å². The van der Waals surface area contributed by atoms with Gasteiger partial charge in [0.15, 0.2) is 0 Å². The number of nitrogens with zero attached hydrogens (tertiary/aromatic N) is 2. The van der Waals surface area contributed by atoms with Crippen LogP contribution < -0.4 is 22.1 Å². The highest BCUT2D eigenvalue weighted by molar-refractivity contribution is 6.35. The van der Waals surface area contributed by atoms with Gasteiger partial charge in [-0.15, -0.1) is 0 Å². The highest BCUT2D eigenvalue weighted by Gasteiger charge is 2.31. The van der Waals surface area contributed by atoms with E-state index in [-0.39, 0.29) is 17.6 Å². The Morgan fingerprint density at radius 2 is 1.53 bits per heavy atom. The second kappa shape index (κ2) is 11.9. The molecule has 1 saturated heterocycles. The monoisotopic (exact) mass is 466 g/mol. The number of nitrogens with one attached hydrogen (secondary N) is 4. The number of benzene rings is 1. The zero-order chi connectivity index (χ0) is 24.5. The van der Waals surface area contributed by atoms with Crippen LogP contribution in [0.2, 0.25) is 0 Å². The number of anilines is 1. The lowest BCUT2D eigenvalue weighted by Crippen LogP contribution is -2.54. The fraction of sp³-hybridized carbons (Fsp3) is 0.417. The smallest absolute Gasteiger partial charge is 0.312 e. The summed E-state index contributed by atoms with van der Waals surface area (Å²) >= 11 is 0. The van der Waals surface area contributed by atoms with Crippen molar-refractivity contribution in [2.45, 2.75) is 19.3 Å². The molecule has 2 amide bonds. The Balaban J connectivity index is 1.31. The molecule has 8 N–H and O–H groups in total. The van der Waals surface area contributed by atoms with E-state index in [1.807, 2.05) is 30.4 Å². The van der Waals surface area contributed by atoms with E-state index >= 15 is 0 Å². The molecule has 1 unspecified atom stereocenters. The van der Waals surface area contributed by atoms with Crippen LogP contribution >= 0.6 is 0 Å². The van der Waals surface area contributed by atoms with E-state index in [9.17, 15) is 9.59 Å². The van der Waals surface area contributed by atoms with Gasteiger partial charge in [-0.1, -0.05) is 12.2 Å². The van der Waals surface area contributed by atoms with Gasteiger partial charge >= 0.3 is 11.8 Å². The van der Waals surface area contributed by atoms with E-state index in [0.717, 1.165) is 24.2 Å². The predicted molar refractivity (Wildman–Crippen MR) is 134 cm³/mol. The molecule has 0 radical (unpaired) electrons. The lowest BCUT2D eigenvalue weighted by Gasteiger charge is -2.34. The average Bonchev–Trinajstić information content (AvgIpc) is 2.83. The molecule has 1 aliphatic heterocycles. The van der Waals surface area contributed by atoms with Crippen LogP contribution in [0.25, 0.3) is 0 Å². The molecule has 10 nitrogen and oxygen atoms in total. The fourth-order valence-corrected chi connectivity index (χ4v) is 3.90. The molecular weight excluding hydrogens is 432 g/mol. The van der Waals surface area contributed by atoms with Gasteiger partial charge in [-0.25, -0.2) is 0 Å². The molecule has 1 heterocycles. The van der Waals surface area contributed by atoms with Crippen LogP contribution in [0.1, 0.15) is 24.8 Å². The third kappa shape index (κ3) is 6.84. The van der Waals surface area contributed by atoms with Crippen molar-refractivity contribution in [2.75, 3.05) is 44.6 Å². The van der Waals surface area contributed by atoms with Crippen molar-refractivity contribution in [3.05, 3.63) is 53.8 Å². The molecule has 2 aliphatic rings. The summed E-state index contributed by atoms with van der Waals surface area (Å²) in [5, 5.41) is 21.5. The Kier molecular flexibility index (Phi) is 8.66. The first-order valence-corrected chi connectivity index (χ1v) is 11.6. The van der Waals surface area contributed by atoms with Gasteiger partial charge in [-0.2, -0.15) is 0 Å². The second-order valence-corrected chi connectivity index (χ2v) is 8.45. The SMILES string of the molecule is N=C(N)c1ccc(NCCCN2CCN(CCCNC3=CCC(C(=N)N)C=C3)C(=O)C2=O)cc1. The van der Waals surface area contributed by atoms with Crippen molar-refractivity contribution in [1.29, 1.82) is 10.8 Å². The van der Waals surface area contributed by atoms with E-state index in [0.29, 0.717) is 51.3 Å². The molecule has 1 aliphatic carbocycles. The maximum absolute atomic E-state index is 12.5. The van der Waals surface area contributed by atoms with Gasteiger partial charge < -0.3 is 31.9 Å². The summed E-state index contributed by atoms with van der Waals surface area (Å²) < 4.78 is 0. The topological polar surface area (TPSA) is 164 Å². The van der Waals surface area contributed by atoms with Crippen LogP contribution in [0.15, 0.2) is 48.2 Å². The normalized spacial score (nSPS) is 18.0. The molecule has 0 spiro atoms. The van der Waals surface area contributed by atoms with Crippen LogP contribution in [0, 0.1) is 16.7 Å². The van der Waals surface area contributed by atoms with Gasteiger partial charge in [-0.05, 0) is 49.6 Å². The van der Waals surface area contributed by atoms with Gasteiger partial charge in [-0.3, -0.25) is 20.4 Å². The van der Waals surface area contributed by atoms with Crippen molar-refractivity contribution in [2.24, 2.45) is 17.4 Å². The van der Waals surface area contributed by atoms with Crippen molar-refractivity contribution < 1.29 is 9.59 Å². The van der Waals surface area contributed by atoms with E-state index in [1.165, 1.54) is 0 Å². The van der Waals surface area contributed by atoms with Gasteiger partial charge in [0.05, 0.1) is 5.84 Å². The Morgan fingerprint density at radius 3 is 2.03 bits per heavy atom. The Morgan fingerprint density at radius 1 is 0.941 bits per heavy atom. The number of hydrogen-bond acceptors (Lipinski definition) is 6. The minimum atomic E-state index is -0.432. The molecule has 0 saturated carbocycles. The van der Waals surface area contributed by atoms with Crippen LogP contribution in [0.5, 0.6) is 0 Å².